The van der Waals surface area contributed by atoms with Crippen LogP contribution in [0.3, 0.4) is 0 Å². The number of aromatic nitrogens is 4. The van der Waals surface area contributed by atoms with Gasteiger partial charge in [-0.05, 0) is 47.9 Å². The molecule has 2 rings (SSSR count). The van der Waals surface area contributed by atoms with Crippen LogP contribution < -0.4 is 0 Å². The van der Waals surface area contributed by atoms with E-state index < -0.39 is 0 Å². The summed E-state index contributed by atoms with van der Waals surface area (Å²) in [4.78, 5) is 0. The molecule has 0 spiro atoms. The fraction of sp³-hybridized carbons (Fsp3) is 0.923. The van der Waals surface area contributed by atoms with Gasteiger partial charge in [0.2, 0.25) is 0 Å². The average molecular weight is 271 g/mol. The second-order valence-corrected chi connectivity index (χ2v) is 6.77. The normalized spacial score (nSPS) is 20.5. The highest BCUT2D eigenvalue weighted by molar-refractivity contribution is 6.20. The molecule has 5 heteroatoms. The van der Waals surface area contributed by atoms with Gasteiger partial charge in [-0.2, -0.15) is 0 Å². The Morgan fingerprint density at radius 1 is 1.28 bits per heavy atom. The van der Waals surface area contributed by atoms with Gasteiger partial charge in [-0.3, -0.25) is 0 Å². The zero-order chi connectivity index (χ0) is 13.2. The summed E-state index contributed by atoms with van der Waals surface area (Å²) < 4.78 is 1.92. The van der Waals surface area contributed by atoms with Crippen LogP contribution in [0.2, 0.25) is 0 Å². The number of alkyl halides is 1. The van der Waals surface area contributed by atoms with Gasteiger partial charge in [-0.15, -0.1) is 16.7 Å². The van der Waals surface area contributed by atoms with Crippen LogP contribution in [0.1, 0.15) is 64.1 Å². The van der Waals surface area contributed by atoms with Gasteiger partial charge in [0.15, 0.2) is 5.82 Å². The maximum atomic E-state index is 6.12. The van der Waals surface area contributed by atoms with E-state index in [0.29, 0.717) is 5.41 Å². The van der Waals surface area contributed by atoms with E-state index in [9.17, 15) is 0 Å². The lowest BCUT2D eigenvalue weighted by Crippen LogP contribution is -2.27. The Morgan fingerprint density at radius 3 is 2.50 bits per heavy atom. The Morgan fingerprint density at radius 2 is 1.94 bits per heavy atom. The summed E-state index contributed by atoms with van der Waals surface area (Å²) >= 11 is 6.12. The maximum Gasteiger partial charge on any atom is 0.168 e. The van der Waals surface area contributed by atoms with Crippen molar-refractivity contribution in [2.24, 2.45) is 11.3 Å². The highest BCUT2D eigenvalue weighted by Gasteiger charge is 2.36. The molecule has 1 atom stereocenters. The van der Waals surface area contributed by atoms with E-state index in [0.717, 1.165) is 18.3 Å². The Hall–Kier alpha value is -0.640. The molecule has 4 nitrogen and oxygen atoms in total. The Balaban J connectivity index is 2.16. The summed E-state index contributed by atoms with van der Waals surface area (Å²) in [6, 6.07) is 0. The van der Waals surface area contributed by atoms with Gasteiger partial charge in [0.05, 0.1) is 11.9 Å². The van der Waals surface area contributed by atoms with E-state index in [1.165, 1.54) is 32.1 Å². The zero-order valence-electron chi connectivity index (χ0n) is 11.6. The zero-order valence-corrected chi connectivity index (χ0v) is 12.3. The molecule has 1 aliphatic rings. The van der Waals surface area contributed by atoms with Crippen molar-refractivity contribution in [1.29, 1.82) is 0 Å². The molecule has 1 aliphatic carbocycles. The highest BCUT2D eigenvalue weighted by Crippen LogP contribution is 2.44. The highest BCUT2D eigenvalue weighted by atomic mass is 35.5. The predicted molar refractivity (Wildman–Crippen MR) is 72.4 cm³/mol. The molecule has 1 heterocycles. The van der Waals surface area contributed by atoms with E-state index in [4.69, 9.17) is 11.6 Å². The first-order valence-corrected chi connectivity index (χ1v) is 7.36. The summed E-state index contributed by atoms with van der Waals surface area (Å²) in [7, 11) is 0. The molecule has 0 N–H and O–H groups in total. The molecule has 0 saturated heterocycles. The van der Waals surface area contributed by atoms with E-state index in [1.807, 2.05) is 11.6 Å². The number of hydrogen-bond acceptors (Lipinski definition) is 3. The number of nitrogens with zero attached hydrogens (tertiary/aromatic N) is 4. The molecule has 1 unspecified atom stereocenters. The molecule has 0 aromatic carbocycles. The Bertz CT molecular complexity index is 380. The van der Waals surface area contributed by atoms with Gasteiger partial charge in [0, 0.05) is 0 Å². The predicted octanol–water partition coefficient (Wildman–Crippen LogP) is 3.58. The molecule has 1 fully saturated rings. The number of hydrogen-bond donors (Lipinski definition) is 0. The minimum absolute atomic E-state index is 0.127. The fourth-order valence-electron chi connectivity index (χ4n) is 3.34. The molecule has 0 amide bonds. The van der Waals surface area contributed by atoms with Crippen molar-refractivity contribution in [3.05, 3.63) is 5.82 Å². The molecule has 102 valence electrons. The van der Waals surface area contributed by atoms with Crippen LogP contribution in [0, 0.1) is 11.3 Å². The maximum absolute atomic E-state index is 6.12. The van der Waals surface area contributed by atoms with Crippen molar-refractivity contribution in [2.45, 2.75) is 64.8 Å². The average Bonchev–Trinajstić information content (AvgIpc) is 2.87. The summed E-state index contributed by atoms with van der Waals surface area (Å²) in [5.41, 5.74) is 0.379. The van der Waals surface area contributed by atoms with E-state index in [-0.39, 0.29) is 5.38 Å². The van der Waals surface area contributed by atoms with Crippen LogP contribution >= 0.6 is 11.6 Å². The minimum Gasteiger partial charge on any atom is -0.228 e. The second kappa shape index (κ2) is 5.55. The molecular formula is C13H23ClN4. The van der Waals surface area contributed by atoms with Gasteiger partial charge in [-0.1, -0.05) is 26.7 Å². The van der Waals surface area contributed by atoms with Crippen LogP contribution in [-0.4, -0.2) is 20.2 Å². The van der Waals surface area contributed by atoms with Crippen LogP contribution in [0.4, 0.5) is 0 Å². The first-order valence-electron chi connectivity index (χ1n) is 6.92. The van der Waals surface area contributed by atoms with Crippen molar-refractivity contribution in [2.75, 3.05) is 0 Å². The quantitative estimate of drug-likeness (QED) is 0.768. The second-order valence-electron chi connectivity index (χ2n) is 6.12. The van der Waals surface area contributed by atoms with Gasteiger partial charge < -0.3 is 0 Å². The Kier molecular flexibility index (Phi) is 4.25. The van der Waals surface area contributed by atoms with Crippen molar-refractivity contribution >= 4 is 11.6 Å². The molecule has 0 bridgehead atoms. The van der Waals surface area contributed by atoms with Crippen LogP contribution in [0.15, 0.2) is 0 Å². The van der Waals surface area contributed by atoms with Crippen molar-refractivity contribution in [3.63, 3.8) is 0 Å². The topological polar surface area (TPSA) is 43.6 Å². The summed E-state index contributed by atoms with van der Waals surface area (Å²) in [6.45, 7) is 7.44. The van der Waals surface area contributed by atoms with Gasteiger partial charge in [0.25, 0.3) is 0 Å². The smallest absolute Gasteiger partial charge is 0.168 e. The van der Waals surface area contributed by atoms with Crippen LogP contribution in [0.25, 0.3) is 0 Å². The van der Waals surface area contributed by atoms with Crippen molar-refractivity contribution in [3.8, 4) is 0 Å². The van der Waals surface area contributed by atoms with Gasteiger partial charge >= 0.3 is 0 Å². The van der Waals surface area contributed by atoms with Gasteiger partial charge in [-0.25, -0.2) is 4.68 Å². The lowest BCUT2D eigenvalue weighted by atomic mass is 9.78. The molecule has 1 aromatic rings. The van der Waals surface area contributed by atoms with Crippen molar-refractivity contribution < 1.29 is 0 Å². The molecule has 0 aliphatic heterocycles. The number of rotatable bonds is 5. The van der Waals surface area contributed by atoms with Gasteiger partial charge in [0.1, 0.15) is 0 Å². The summed E-state index contributed by atoms with van der Waals surface area (Å²) in [6.07, 6.45) is 6.51. The largest absolute Gasteiger partial charge is 0.228 e. The first kappa shape index (κ1) is 13.8. The molecule has 1 aromatic heterocycles. The lowest BCUT2D eigenvalue weighted by molar-refractivity contribution is 0.185. The molecule has 0 radical (unpaired) electrons. The third-order valence-corrected chi connectivity index (χ3v) is 4.10. The summed E-state index contributed by atoms with van der Waals surface area (Å²) in [5, 5.41) is 11.8. The van der Waals surface area contributed by atoms with Crippen LogP contribution in [-0.2, 0) is 6.54 Å². The van der Waals surface area contributed by atoms with Crippen LogP contribution in [0.5, 0.6) is 0 Å². The molecule has 1 saturated carbocycles. The van der Waals surface area contributed by atoms with E-state index in [1.54, 1.807) is 0 Å². The first-order chi connectivity index (χ1) is 8.52. The van der Waals surface area contributed by atoms with E-state index >= 15 is 0 Å². The van der Waals surface area contributed by atoms with E-state index in [2.05, 4.69) is 29.4 Å². The minimum atomic E-state index is -0.127. The standard InChI is InChI=1S/C13H23ClN4/c1-10(2)8-13(6-4-5-7-13)9-18-12(11(3)14)15-16-17-18/h10-11H,4-9H2,1-3H3. The third-order valence-electron chi connectivity index (χ3n) is 3.91. The Labute approximate surface area is 114 Å². The number of halogens is 1. The lowest BCUT2D eigenvalue weighted by Gasteiger charge is -2.31. The molecular weight excluding hydrogens is 248 g/mol. The van der Waals surface area contributed by atoms with Crippen molar-refractivity contribution in [1.82, 2.24) is 20.2 Å². The molecule has 18 heavy (non-hydrogen) atoms. The fourth-order valence-corrected chi connectivity index (χ4v) is 3.50. The summed E-state index contributed by atoms with van der Waals surface area (Å²) in [5.74, 6) is 1.52. The number of tetrazole rings is 1. The monoisotopic (exact) mass is 270 g/mol. The third kappa shape index (κ3) is 3.02. The SMILES string of the molecule is CC(C)CC1(Cn2nnnc2C(C)Cl)CCCC1.